The van der Waals surface area contributed by atoms with Crippen molar-refractivity contribution in [2.75, 3.05) is 6.54 Å². The first-order chi connectivity index (χ1) is 16.0. The lowest BCUT2D eigenvalue weighted by molar-refractivity contribution is -0.128. The van der Waals surface area contributed by atoms with Gasteiger partial charge in [-0.1, -0.05) is 35.3 Å². The highest BCUT2D eigenvalue weighted by Gasteiger charge is 2.38. The number of nitrogens with zero attached hydrogens (tertiary/aromatic N) is 3. The first kappa shape index (κ1) is 22.3. The summed E-state index contributed by atoms with van der Waals surface area (Å²) in [6, 6.07) is 12.3. The van der Waals surface area contributed by atoms with Crippen LogP contribution < -0.4 is 5.32 Å². The number of H-pyrrole nitrogens is 1. The molecule has 0 radical (unpaired) electrons. The summed E-state index contributed by atoms with van der Waals surface area (Å²) in [7, 11) is 0. The minimum atomic E-state index is -0.728. The van der Waals surface area contributed by atoms with Crippen molar-refractivity contribution in [3.05, 3.63) is 69.4 Å². The van der Waals surface area contributed by atoms with Crippen LogP contribution in [0.3, 0.4) is 0 Å². The molecule has 0 spiro atoms. The molecule has 0 saturated carbocycles. The monoisotopic (exact) mass is 501 g/mol. The summed E-state index contributed by atoms with van der Waals surface area (Å²) in [4.78, 5) is 27.3. The fraction of sp³-hybridized carbons (Fsp3) is 0.261. The van der Waals surface area contributed by atoms with E-state index in [0.717, 1.165) is 27.3 Å². The van der Waals surface area contributed by atoms with E-state index in [1.54, 1.807) is 23.5 Å². The molecule has 3 heterocycles. The van der Waals surface area contributed by atoms with Gasteiger partial charge in [0.2, 0.25) is 5.91 Å². The van der Waals surface area contributed by atoms with Crippen LogP contribution in [0.15, 0.2) is 47.8 Å². The normalized spacial score (nSPS) is 18.8. The zero-order chi connectivity index (χ0) is 22.9. The van der Waals surface area contributed by atoms with Crippen LogP contribution in [-0.4, -0.2) is 49.6 Å². The molecule has 1 amide bonds. The summed E-state index contributed by atoms with van der Waals surface area (Å²) in [6.07, 6.45) is -0.191. The van der Waals surface area contributed by atoms with Gasteiger partial charge in [-0.15, -0.1) is 11.3 Å². The third-order valence-corrected chi connectivity index (χ3v) is 7.10. The maximum Gasteiger partial charge on any atom is 0.240 e. The number of hydrogen-bond donors (Lipinski definition) is 3. The number of nitrogens with one attached hydrogen (secondary N) is 2. The van der Waals surface area contributed by atoms with Gasteiger partial charge in [0.05, 0.1) is 29.4 Å². The molecule has 170 valence electrons. The molecule has 2 atom stereocenters. The number of aromatic nitrogens is 3. The third-order valence-electron chi connectivity index (χ3n) is 5.67. The molecule has 4 aromatic rings. The Morgan fingerprint density at radius 1 is 1.18 bits per heavy atom. The van der Waals surface area contributed by atoms with Crippen LogP contribution in [0.5, 0.6) is 0 Å². The molecule has 5 rings (SSSR count). The van der Waals surface area contributed by atoms with E-state index < -0.39 is 12.1 Å². The summed E-state index contributed by atoms with van der Waals surface area (Å²) >= 11 is 13.5. The Hall–Kier alpha value is -2.49. The van der Waals surface area contributed by atoms with E-state index >= 15 is 0 Å². The second-order valence-corrected chi connectivity index (χ2v) is 9.72. The standard InChI is InChI=1S/C23H21Cl2N5O2S/c24-14-3-1-13(2-4-14)23-27-16(12-33-23)11-30-8-7-19(31)21(30)22(32)26-10-20-28-17-6-5-15(25)9-18(17)29-20/h1-6,9,12,19,21,31H,7-8,10-11H2,(H,26,32)(H,28,29)/t19-,21-/m0/s1. The number of aliphatic hydroxyl groups is 1. The van der Waals surface area contributed by atoms with Gasteiger partial charge >= 0.3 is 0 Å². The Bertz CT molecular complexity index is 1290. The number of fused-ring (bicyclic) bond motifs is 1. The van der Waals surface area contributed by atoms with Crippen LogP contribution in [0.2, 0.25) is 10.0 Å². The number of aromatic amines is 1. The highest BCUT2D eigenvalue weighted by atomic mass is 35.5. The molecular formula is C23H21Cl2N5O2S. The average Bonchev–Trinajstić information content (AvgIpc) is 3.51. The van der Waals surface area contributed by atoms with E-state index in [4.69, 9.17) is 28.2 Å². The SMILES string of the molecule is O=C(NCc1nc2ccc(Cl)cc2[nH]1)[C@@H]1[C@@H](O)CCN1Cc1csc(-c2ccc(Cl)cc2)n1. The Labute approximate surface area is 204 Å². The number of carbonyl (C=O) groups excluding carboxylic acids is 1. The first-order valence-corrected chi connectivity index (χ1v) is 12.1. The van der Waals surface area contributed by atoms with Crippen molar-refractivity contribution in [1.29, 1.82) is 0 Å². The van der Waals surface area contributed by atoms with E-state index in [-0.39, 0.29) is 12.5 Å². The Morgan fingerprint density at radius 2 is 1.97 bits per heavy atom. The number of aliphatic hydroxyl groups excluding tert-OH is 1. The molecular weight excluding hydrogens is 481 g/mol. The topological polar surface area (TPSA) is 94.1 Å². The molecule has 33 heavy (non-hydrogen) atoms. The minimum Gasteiger partial charge on any atom is -0.391 e. The molecule has 0 aliphatic carbocycles. The minimum absolute atomic E-state index is 0.230. The maximum atomic E-state index is 13.0. The molecule has 1 fully saturated rings. The number of hydrogen-bond acceptors (Lipinski definition) is 6. The predicted octanol–water partition coefficient (Wildman–Crippen LogP) is 4.24. The lowest BCUT2D eigenvalue weighted by atomic mass is 10.1. The van der Waals surface area contributed by atoms with Crippen molar-refractivity contribution in [2.45, 2.75) is 31.7 Å². The molecule has 3 N–H and O–H groups in total. The number of halogens is 2. The predicted molar refractivity (Wildman–Crippen MR) is 130 cm³/mol. The number of imidazole rings is 1. The van der Waals surface area contributed by atoms with E-state index in [2.05, 4.69) is 15.3 Å². The molecule has 2 aromatic heterocycles. The van der Waals surface area contributed by atoms with E-state index in [1.165, 1.54) is 0 Å². The van der Waals surface area contributed by atoms with E-state index in [1.807, 2.05) is 40.6 Å². The highest BCUT2D eigenvalue weighted by molar-refractivity contribution is 7.13. The summed E-state index contributed by atoms with van der Waals surface area (Å²) in [5, 5.41) is 17.6. The molecule has 0 unspecified atom stereocenters. The average molecular weight is 502 g/mol. The molecule has 1 aliphatic rings. The quantitative estimate of drug-likeness (QED) is 0.367. The van der Waals surface area contributed by atoms with Crippen molar-refractivity contribution in [3.8, 4) is 10.6 Å². The van der Waals surface area contributed by atoms with Crippen LogP contribution in [0, 0.1) is 0 Å². The number of likely N-dealkylation sites (tertiary alicyclic amines) is 1. The number of benzene rings is 2. The van der Waals surface area contributed by atoms with E-state index in [9.17, 15) is 9.90 Å². The second kappa shape index (κ2) is 9.40. The van der Waals surface area contributed by atoms with Crippen LogP contribution >= 0.6 is 34.5 Å². The van der Waals surface area contributed by atoms with Gasteiger partial charge in [0.15, 0.2) is 0 Å². The van der Waals surface area contributed by atoms with Gasteiger partial charge in [0.1, 0.15) is 16.9 Å². The number of rotatable bonds is 6. The third kappa shape index (κ3) is 4.90. The lowest BCUT2D eigenvalue weighted by Gasteiger charge is -2.24. The van der Waals surface area contributed by atoms with Crippen LogP contribution in [0.4, 0.5) is 0 Å². The van der Waals surface area contributed by atoms with Crippen molar-refractivity contribution < 1.29 is 9.90 Å². The van der Waals surface area contributed by atoms with Crippen LogP contribution in [0.25, 0.3) is 21.6 Å². The Balaban J connectivity index is 1.24. The zero-order valence-electron chi connectivity index (χ0n) is 17.5. The Kier molecular flexibility index (Phi) is 6.36. The lowest BCUT2D eigenvalue weighted by Crippen LogP contribution is -2.47. The highest BCUT2D eigenvalue weighted by Crippen LogP contribution is 2.27. The summed E-state index contributed by atoms with van der Waals surface area (Å²) in [5.74, 6) is 0.401. The number of amides is 1. The van der Waals surface area contributed by atoms with E-state index in [0.29, 0.717) is 35.4 Å². The van der Waals surface area contributed by atoms with Crippen LogP contribution in [-0.2, 0) is 17.9 Å². The second-order valence-electron chi connectivity index (χ2n) is 7.98. The number of thiazole rings is 1. The first-order valence-electron chi connectivity index (χ1n) is 10.5. The van der Waals surface area contributed by atoms with Gasteiger partial charge < -0.3 is 15.4 Å². The summed E-state index contributed by atoms with van der Waals surface area (Å²) in [5.41, 5.74) is 3.46. The summed E-state index contributed by atoms with van der Waals surface area (Å²) in [6.45, 7) is 1.35. The van der Waals surface area contributed by atoms with Crippen molar-refractivity contribution in [3.63, 3.8) is 0 Å². The molecule has 10 heteroatoms. The Morgan fingerprint density at radius 3 is 2.79 bits per heavy atom. The molecule has 1 aliphatic heterocycles. The summed E-state index contributed by atoms with van der Waals surface area (Å²) < 4.78 is 0. The van der Waals surface area contributed by atoms with Crippen LogP contribution in [0.1, 0.15) is 17.9 Å². The van der Waals surface area contributed by atoms with Gasteiger partial charge in [-0.25, -0.2) is 9.97 Å². The molecule has 1 saturated heterocycles. The zero-order valence-corrected chi connectivity index (χ0v) is 19.8. The maximum absolute atomic E-state index is 13.0. The van der Waals surface area contributed by atoms with Gasteiger partial charge in [-0.05, 0) is 36.8 Å². The molecule has 7 nitrogen and oxygen atoms in total. The van der Waals surface area contributed by atoms with Crippen molar-refractivity contribution in [1.82, 2.24) is 25.2 Å². The van der Waals surface area contributed by atoms with Crippen molar-refractivity contribution >= 4 is 51.5 Å². The van der Waals surface area contributed by atoms with Crippen molar-refractivity contribution in [2.24, 2.45) is 0 Å². The smallest absolute Gasteiger partial charge is 0.240 e. The molecule has 0 bridgehead atoms. The van der Waals surface area contributed by atoms with Gasteiger partial charge in [0.25, 0.3) is 0 Å². The molecule has 2 aromatic carbocycles. The van der Waals surface area contributed by atoms with Gasteiger partial charge in [-0.2, -0.15) is 0 Å². The largest absolute Gasteiger partial charge is 0.391 e. The number of carbonyl (C=O) groups is 1. The van der Waals surface area contributed by atoms with Gasteiger partial charge in [0, 0.05) is 34.1 Å². The fourth-order valence-corrected chi connectivity index (χ4v) is 5.18. The van der Waals surface area contributed by atoms with Gasteiger partial charge in [-0.3, -0.25) is 9.69 Å². The fourth-order valence-electron chi connectivity index (χ4n) is 4.06.